The molecule has 3 rings (SSSR count). The molecular formula is C16H19N5O2. The van der Waals surface area contributed by atoms with E-state index in [-0.39, 0.29) is 29.5 Å². The van der Waals surface area contributed by atoms with Gasteiger partial charge in [-0.3, -0.25) is 19.3 Å². The number of carbonyl (C=O) groups is 2. The van der Waals surface area contributed by atoms with E-state index in [2.05, 4.69) is 20.7 Å². The van der Waals surface area contributed by atoms with Crippen LogP contribution in [0.1, 0.15) is 41.9 Å². The van der Waals surface area contributed by atoms with Crippen LogP contribution in [-0.2, 0) is 11.8 Å². The summed E-state index contributed by atoms with van der Waals surface area (Å²) in [5.41, 5.74) is 1.24. The van der Waals surface area contributed by atoms with E-state index in [0.717, 1.165) is 18.4 Å². The van der Waals surface area contributed by atoms with E-state index in [1.54, 1.807) is 25.5 Å². The number of amides is 2. The van der Waals surface area contributed by atoms with Gasteiger partial charge in [0.15, 0.2) is 5.69 Å². The molecule has 120 valence electrons. The molecule has 7 heteroatoms. The van der Waals surface area contributed by atoms with Crippen molar-refractivity contribution in [3.63, 3.8) is 0 Å². The van der Waals surface area contributed by atoms with Gasteiger partial charge in [0.25, 0.3) is 5.91 Å². The second kappa shape index (κ2) is 6.20. The highest BCUT2D eigenvalue weighted by molar-refractivity contribution is 5.96. The highest BCUT2D eigenvalue weighted by Crippen LogP contribution is 2.30. The molecule has 7 nitrogen and oxygen atoms in total. The van der Waals surface area contributed by atoms with Gasteiger partial charge in [-0.25, -0.2) is 0 Å². The maximum absolute atomic E-state index is 12.3. The summed E-state index contributed by atoms with van der Waals surface area (Å²) in [5.74, 6) is 0.347. The molecule has 0 bridgehead atoms. The van der Waals surface area contributed by atoms with Gasteiger partial charge in [0.05, 0.1) is 6.04 Å². The predicted octanol–water partition coefficient (Wildman–Crippen LogP) is 1.65. The third-order valence-electron chi connectivity index (χ3n) is 3.87. The molecule has 1 aliphatic carbocycles. The van der Waals surface area contributed by atoms with E-state index < -0.39 is 0 Å². The Morgan fingerprint density at radius 1 is 1.30 bits per heavy atom. The molecule has 0 saturated heterocycles. The number of nitrogens with one attached hydrogen (secondary N) is 2. The van der Waals surface area contributed by atoms with Gasteiger partial charge in [0.2, 0.25) is 5.91 Å². The zero-order chi connectivity index (χ0) is 16.4. The minimum Gasteiger partial charge on any atom is -0.344 e. The van der Waals surface area contributed by atoms with Crippen LogP contribution in [0.3, 0.4) is 0 Å². The summed E-state index contributed by atoms with van der Waals surface area (Å²) in [6, 6.07) is 5.14. The Kier molecular flexibility index (Phi) is 4.10. The van der Waals surface area contributed by atoms with Crippen molar-refractivity contribution in [3.05, 3.63) is 41.9 Å². The summed E-state index contributed by atoms with van der Waals surface area (Å²) in [6.45, 7) is 1.89. The van der Waals surface area contributed by atoms with E-state index in [1.165, 1.54) is 4.68 Å². The van der Waals surface area contributed by atoms with Crippen LogP contribution in [0.25, 0.3) is 0 Å². The van der Waals surface area contributed by atoms with Crippen LogP contribution >= 0.6 is 0 Å². The lowest BCUT2D eigenvalue weighted by molar-refractivity contribution is -0.117. The fraction of sp³-hybridized carbons (Fsp3) is 0.375. The largest absolute Gasteiger partial charge is 0.344 e. The third kappa shape index (κ3) is 3.56. The van der Waals surface area contributed by atoms with Crippen molar-refractivity contribution >= 4 is 17.6 Å². The van der Waals surface area contributed by atoms with Gasteiger partial charge in [0, 0.05) is 31.4 Å². The van der Waals surface area contributed by atoms with E-state index in [0.29, 0.717) is 5.82 Å². The zero-order valence-corrected chi connectivity index (χ0v) is 13.1. The molecule has 2 amide bonds. The monoisotopic (exact) mass is 313 g/mol. The number of hydrogen-bond acceptors (Lipinski definition) is 4. The summed E-state index contributed by atoms with van der Waals surface area (Å²) >= 11 is 0. The Hall–Kier alpha value is -2.70. The summed E-state index contributed by atoms with van der Waals surface area (Å²) in [4.78, 5) is 28.1. The minimum absolute atomic E-state index is 0.00916. The molecule has 1 aliphatic rings. The molecule has 2 aromatic rings. The van der Waals surface area contributed by atoms with Crippen molar-refractivity contribution in [1.29, 1.82) is 0 Å². The first-order valence-corrected chi connectivity index (χ1v) is 7.60. The lowest BCUT2D eigenvalue weighted by Crippen LogP contribution is -2.27. The number of pyridine rings is 1. The quantitative estimate of drug-likeness (QED) is 0.878. The van der Waals surface area contributed by atoms with Crippen molar-refractivity contribution in [3.8, 4) is 0 Å². The molecule has 1 saturated carbocycles. The average Bonchev–Trinajstić information content (AvgIpc) is 3.33. The standard InChI is InChI=1S/C16H19N5O2/c1-10(11-5-7-17-8-6-11)18-16(23)13-9-14(21(2)20-13)19-15(22)12-3-4-12/h5-10,12H,3-4H2,1-2H3,(H,18,23)(H,19,22)/t10-/m1/s1. The SMILES string of the molecule is C[C@@H](NC(=O)c1cc(NC(=O)C2CC2)n(C)n1)c1ccncc1. The van der Waals surface area contributed by atoms with Gasteiger partial charge in [-0.1, -0.05) is 0 Å². The van der Waals surface area contributed by atoms with Gasteiger partial charge in [-0.15, -0.1) is 0 Å². The molecule has 0 aromatic carbocycles. The number of carbonyl (C=O) groups excluding carboxylic acids is 2. The minimum atomic E-state index is -0.281. The maximum atomic E-state index is 12.3. The number of rotatable bonds is 5. The van der Waals surface area contributed by atoms with E-state index in [9.17, 15) is 9.59 Å². The second-order valence-electron chi connectivity index (χ2n) is 5.78. The van der Waals surface area contributed by atoms with Crippen molar-refractivity contribution in [1.82, 2.24) is 20.1 Å². The Bertz CT molecular complexity index is 721. The average molecular weight is 313 g/mol. The lowest BCUT2D eigenvalue weighted by atomic mass is 10.1. The topological polar surface area (TPSA) is 88.9 Å². The van der Waals surface area contributed by atoms with Gasteiger partial charge >= 0.3 is 0 Å². The van der Waals surface area contributed by atoms with E-state index in [4.69, 9.17) is 0 Å². The van der Waals surface area contributed by atoms with Crippen LogP contribution in [0.2, 0.25) is 0 Å². The van der Waals surface area contributed by atoms with Crippen LogP contribution in [0.15, 0.2) is 30.6 Å². The van der Waals surface area contributed by atoms with Gasteiger partial charge in [-0.2, -0.15) is 5.10 Å². The third-order valence-corrected chi connectivity index (χ3v) is 3.87. The maximum Gasteiger partial charge on any atom is 0.272 e. The van der Waals surface area contributed by atoms with Crippen molar-refractivity contribution in [2.45, 2.75) is 25.8 Å². The molecule has 0 unspecified atom stereocenters. The number of anilines is 1. The van der Waals surface area contributed by atoms with Crippen LogP contribution in [0, 0.1) is 5.92 Å². The summed E-state index contributed by atoms with van der Waals surface area (Å²) in [5, 5.41) is 9.86. The van der Waals surface area contributed by atoms with Gasteiger partial charge < -0.3 is 10.6 Å². The second-order valence-corrected chi connectivity index (χ2v) is 5.78. The number of aromatic nitrogens is 3. The Morgan fingerprint density at radius 2 is 2.00 bits per heavy atom. The molecule has 2 aromatic heterocycles. The lowest BCUT2D eigenvalue weighted by Gasteiger charge is -2.12. The van der Waals surface area contributed by atoms with Crippen LogP contribution in [-0.4, -0.2) is 26.6 Å². The Morgan fingerprint density at radius 3 is 2.65 bits per heavy atom. The first kappa shape index (κ1) is 15.2. The van der Waals surface area contributed by atoms with Gasteiger partial charge in [-0.05, 0) is 37.5 Å². The molecule has 0 radical (unpaired) electrons. The van der Waals surface area contributed by atoms with Crippen LogP contribution < -0.4 is 10.6 Å². The molecule has 1 atom stereocenters. The Balaban J connectivity index is 1.66. The van der Waals surface area contributed by atoms with Gasteiger partial charge in [0.1, 0.15) is 5.82 Å². The first-order valence-electron chi connectivity index (χ1n) is 7.60. The number of nitrogens with zero attached hydrogens (tertiary/aromatic N) is 3. The smallest absolute Gasteiger partial charge is 0.272 e. The summed E-state index contributed by atoms with van der Waals surface area (Å²) < 4.78 is 1.51. The molecular weight excluding hydrogens is 294 g/mol. The number of aryl methyl sites for hydroxylation is 1. The van der Waals surface area contributed by atoms with Crippen LogP contribution in [0.5, 0.6) is 0 Å². The summed E-state index contributed by atoms with van der Waals surface area (Å²) in [7, 11) is 1.70. The highest BCUT2D eigenvalue weighted by Gasteiger charge is 2.30. The summed E-state index contributed by atoms with van der Waals surface area (Å²) in [6.07, 6.45) is 5.23. The first-order chi connectivity index (χ1) is 11.0. The van der Waals surface area contributed by atoms with E-state index in [1.807, 2.05) is 19.1 Å². The molecule has 2 heterocycles. The fourth-order valence-electron chi connectivity index (χ4n) is 2.28. The van der Waals surface area contributed by atoms with Crippen molar-refractivity contribution in [2.75, 3.05) is 5.32 Å². The highest BCUT2D eigenvalue weighted by atomic mass is 16.2. The zero-order valence-electron chi connectivity index (χ0n) is 13.1. The fourth-order valence-corrected chi connectivity index (χ4v) is 2.28. The molecule has 23 heavy (non-hydrogen) atoms. The normalized spacial score (nSPS) is 15.0. The molecule has 2 N–H and O–H groups in total. The number of hydrogen-bond donors (Lipinski definition) is 2. The molecule has 1 fully saturated rings. The predicted molar refractivity (Wildman–Crippen MR) is 84.7 cm³/mol. The van der Waals surface area contributed by atoms with Crippen LogP contribution in [0.4, 0.5) is 5.82 Å². The van der Waals surface area contributed by atoms with E-state index >= 15 is 0 Å². The molecule has 0 aliphatic heterocycles. The van der Waals surface area contributed by atoms with Crippen molar-refractivity contribution < 1.29 is 9.59 Å². The molecule has 0 spiro atoms. The van der Waals surface area contributed by atoms with Crippen molar-refractivity contribution in [2.24, 2.45) is 13.0 Å². The Labute approximate surface area is 134 Å².